The summed E-state index contributed by atoms with van der Waals surface area (Å²) in [4.78, 5) is 32.3. The van der Waals surface area contributed by atoms with E-state index < -0.39 is 11.8 Å². The van der Waals surface area contributed by atoms with Crippen molar-refractivity contribution in [3.05, 3.63) is 35.4 Å². The lowest BCUT2D eigenvalue weighted by Gasteiger charge is -1.98. The van der Waals surface area contributed by atoms with Crippen LogP contribution in [0.15, 0.2) is 24.3 Å². The minimum absolute atomic E-state index is 0. The number of rotatable bonds is 3. The van der Waals surface area contributed by atoms with Crippen molar-refractivity contribution in [2.24, 2.45) is 0 Å². The first-order chi connectivity index (χ1) is 6.69. The van der Waals surface area contributed by atoms with Gasteiger partial charge in [0.2, 0.25) is 0 Å². The Bertz CT molecular complexity index is 366. The lowest BCUT2D eigenvalue weighted by molar-refractivity contribution is -0.135. The molecule has 0 bridgehead atoms. The van der Waals surface area contributed by atoms with Gasteiger partial charge >= 0.3 is 5.97 Å². The number of methoxy groups -OCH3 is 1. The Morgan fingerprint density at radius 2 is 1.73 bits per heavy atom. The molecule has 0 aliphatic heterocycles. The van der Waals surface area contributed by atoms with Gasteiger partial charge in [0.25, 0.3) is 5.78 Å². The van der Waals surface area contributed by atoms with Crippen LogP contribution >= 0.6 is 0 Å². The van der Waals surface area contributed by atoms with Gasteiger partial charge in [-0.15, -0.1) is 0 Å². The van der Waals surface area contributed by atoms with Crippen LogP contribution in [0.1, 0.15) is 20.7 Å². The van der Waals surface area contributed by atoms with Crippen LogP contribution in [0.5, 0.6) is 0 Å². The normalized spacial score (nSPS) is 8.60. The molecular formula is C10H10O5. The van der Waals surface area contributed by atoms with Gasteiger partial charge in [-0.3, -0.25) is 9.59 Å². The van der Waals surface area contributed by atoms with Gasteiger partial charge in [-0.05, 0) is 0 Å². The number of benzene rings is 1. The van der Waals surface area contributed by atoms with E-state index in [0.29, 0.717) is 11.8 Å². The van der Waals surface area contributed by atoms with Gasteiger partial charge in [-0.25, -0.2) is 4.79 Å². The lowest BCUT2D eigenvalue weighted by Crippen LogP contribution is -2.15. The molecule has 0 radical (unpaired) electrons. The molecule has 80 valence electrons. The Morgan fingerprint density at radius 1 is 1.20 bits per heavy atom. The number of ketones is 1. The first kappa shape index (κ1) is 13.0. The second-order valence-corrected chi connectivity index (χ2v) is 2.56. The SMILES string of the molecule is COC(=O)C(=O)c1ccc(C=O)cc1.O. The standard InChI is InChI=1S/C10H8O4.H2O/c1-14-10(13)9(12)8-4-2-7(6-11)3-5-8;/h2-6H,1H3;1H2. The number of hydrogen-bond donors (Lipinski definition) is 0. The molecule has 0 spiro atoms. The summed E-state index contributed by atoms with van der Waals surface area (Å²) in [5, 5.41) is 0. The van der Waals surface area contributed by atoms with Crippen LogP contribution < -0.4 is 0 Å². The van der Waals surface area contributed by atoms with Crippen molar-refractivity contribution in [2.75, 3.05) is 7.11 Å². The number of hydrogen-bond acceptors (Lipinski definition) is 4. The highest BCUT2D eigenvalue weighted by molar-refractivity contribution is 6.40. The van der Waals surface area contributed by atoms with Crippen molar-refractivity contribution in [1.82, 2.24) is 0 Å². The van der Waals surface area contributed by atoms with E-state index in [2.05, 4.69) is 4.74 Å². The number of carbonyl (C=O) groups is 3. The van der Waals surface area contributed by atoms with Crippen molar-refractivity contribution >= 4 is 18.0 Å². The largest absolute Gasteiger partial charge is 0.463 e. The molecule has 1 aromatic rings. The van der Waals surface area contributed by atoms with E-state index in [0.717, 1.165) is 7.11 Å². The van der Waals surface area contributed by atoms with Crippen LogP contribution in [0.4, 0.5) is 0 Å². The van der Waals surface area contributed by atoms with Crippen molar-refractivity contribution < 1.29 is 24.6 Å². The third kappa shape index (κ3) is 2.99. The molecule has 1 rings (SSSR count). The zero-order chi connectivity index (χ0) is 10.6. The fraction of sp³-hybridized carbons (Fsp3) is 0.100. The molecule has 0 aromatic heterocycles. The Labute approximate surface area is 86.0 Å². The number of Topliss-reactive ketones (excluding diaryl/α,β-unsaturated/α-hetero) is 1. The topological polar surface area (TPSA) is 91.9 Å². The predicted molar refractivity (Wildman–Crippen MR) is 51.8 cm³/mol. The molecule has 15 heavy (non-hydrogen) atoms. The van der Waals surface area contributed by atoms with Crippen LogP contribution in [0, 0.1) is 0 Å². The molecule has 0 saturated carbocycles. The average molecular weight is 210 g/mol. The Balaban J connectivity index is 0.00000196. The molecule has 0 amide bonds. The molecule has 0 heterocycles. The molecule has 0 fully saturated rings. The molecule has 5 nitrogen and oxygen atoms in total. The van der Waals surface area contributed by atoms with Crippen LogP contribution in [0.25, 0.3) is 0 Å². The highest BCUT2D eigenvalue weighted by Gasteiger charge is 2.15. The summed E-state index contributed by atoms with van der Waals surface area (Å²) in [6, 6.07) is 5.73. The maximum atomic E-state index is 11.2. The molecule has 0 aliphatic rings. The molecule has 5 heteroatoms. The van der Waals surface area contributed by atoms with E-state index in [-0.39, 0.29) is 11.0 Å². The first-order valence-electron chi connectivity index (χ1n) is 3.87. The summed E-state index contributed by atoms with van der Waals surface area (Å²) in [6.45, 7) is 0. The molecule has 0 atom stereocenters. The summed E-state index contributed by atoms with van der Waals surface area (Å²) in [7, 11) is 1.14. The average Bonchev–Trinajstić information content (AvgIpc) is 2.27. The fourth-order valence-corrected chi connectivity index (χ4v) is 0.924. The van der Waals surface area contributed by atoms with E-state index in [1.165, 1.54) is 24.3 Å². The summed E-state index contributed by atoms with van der Waals surface area (Å²) >= 11 is 0. The smallest absolute Gasteiger partial charge is 0.379 e. The van der Waals surface area contributed by atoms with Gasteiger partial charge in [0, 0.05) is 11.1 Å². The van der Waals surface area contributed by atoms with E-state index in [1.54, 1.807) is 0 Å². The molecule has 2 N–H and O–H groups in total. The maximum absolute atomic E-state index is 11.2. The van der Waals surface area contributed by atoms with Gasteiger partial charge in [0.05, 0.1) is 7.11 Å². The predicted octanol–water partition coefficient (Wildman–Crippen LogP) is 0.0301. The lowest BCUT2D eigenvalue weighted by atomic mass is 10.1. The highest BCUT2D eigenvalue weighted by Crippen LogP contribution is 2.04. The van der Waals surface area contributed by atoms with Crippen molar-refractivity contribution in [2.45, 2.75) is 0 Å². The third-order valence-corrected chi connectivity index (χ3v) is 1.68. The van der Waals surface area contributed by atoms with Crippen molar-refractivity contribution in [3.63, 3.8) is 0 Å². The molecule has 0 saturated heterocycles. The summed E-state index contributed by atoms with van der Waals surface area (Å²) < 4.78 is 4.26. The monoisotopic (exact) mass is 210 g/mol. The molecular weight excluding hydrogens is 200 g/mol. The summed E-state index contributed by atoms with van der Waals surface area (Å²) in [5.41, 5.74) is 0.661. The molecule has 0 unspecified atom stereocenters. The number of carbonyl (C=O) groups excluding carboxylic acids is 3. The maximum Gasteiger partial charge on any atom is 0.379 e. The minimum atomic E-state index is -0.913. The van der Waals surface area contributed by atoms with Gasteiger partial charge in [-0.1, -0.05) is 24.3 Å². The van der Waals surface area contributed by atoms with Crippen LogP contribution in [0.2, 0.25) is 0 Å². The van der Waals surface area contributed by atoms with Gasteiger partial charge in [0.15, 0.2) is 0 Å². The Hall–Kier alpha value is -2.01. The van der Waals surface area contributed by atoms with Crippen molar-refractivity contribution in [3.8, 4) is 0 Å². The van der Waals surface area contributed by atoms with Gasteiger partial charge < -0.3 is 10.2 Å². The molecule has 0 aliphatic carbocycles. The van der Waals surface area contributed by atoms with Crippen LogP contribution in [0.3, 0.4) is 0 Å². The van der Waals surface area contributed by atoms with E-state index in [1.807, 2.05) is 0 Å². The number of esters is 1. The minimum Gasteiger partial charge on any atom is -0.463 e. The Morgan fingerprint density at radius 3 is 2.13 bits per heavy atom. The summed E-state index contributed by atoms with van der Waals surface area (Å²) in [6.07, 6.45) is 0.659. The van der Waals surface area contributed by atoms with E-state index >= 15 is 0 Å². The Kier molecular flexibility index (Phi) is 4.90. The quantitative estimate of drug-likeness (QED) is 0.304. The second kappa shape index (κ2) is 5.66. The number of ether oxygens (including phenoxy) is 1. The zero-order valence-electron chi connectivity index (χ0n) is 8.02. The van der Waals surface area contributed by atoms with Crippen LogP contribution in [-0.4, -0.2) is 30.6 Å². The first-order valence-corrected chi connectivity index (χ1v) is 3.87. The van der Waals surface area contributed by atoms with E-state index in [9.17, 15) is 14.4 Å². The summed E-state index contributed by atoms with van der Waals surface area (Å²) in [5.74, 6) is -1.63. The van der Waals surface area contributed by atoms with Crippen molar-refractivity contribution in [1.29, 1.82) is 0 Å². The molecule has 1 aromatic carbocycles. The van der Waals surface area contributed by atoms with Gasteiger partial charge in [0.1, 0.15) is 6.29 Å². The van der Waals surface area contributed by atoms with Gasteiger partial charge in [-0.2, -0.15) is 0 Å². The highest BCUT2D eigenvalue weighted by atomic mass is 16.5. The second-order valence-electron chi connectivity index (χ2n) is 2.56. The number of aldehydes is 1. The zero-order valence-corrected chi connectivity index (χ0v) is 8.02. The fourth-order valence-electron chi connectivity index (χ4n) is 0.924. The third-order valence-electron chi connectivity index (χ3n) is 1.68. The van der Waals surface area contributed by atoms with Crippen LogP contribution in [-0.2, 0) is 9.53 Å². The van der Waals surface area contributed by atoms with E-state index in [4.69, 9.17) is 0 Å².